The fourth-order valence-corrected chi connectivity index (χ4v) is 7.47. The number of sulfonamides is 1. The SMILES string of the molecule is CCC(C)(C)C1CCN(Cc2c(C)sc3c(-c4cnc(OC)c(NS(C)(=O)=O)c4)nc(N4CCOCC4)nc23)CC1. The molecule has 2 saturated heterocycles. The summed E-state index contributed by atoms with van der Waals surface area (Å²) in [5.74, 6) is 1.62. The van der Waals surface area contributed by atoms with Gasteiger partial charge < -0.3 is 14.4 Å². The Kier molecular flexibility index (Phi) is 8.75. The first-order valence-electron chi connectivity index (χ1n) is 14.4. The molecule has 5 heterocycles. The number of nitrogens with one attached hydrogen (secondary N) is 1. The van der Waals surface area contributed by atoms with Crippen LogP contribution in [0.5, 0.6) is 5.88 Å². The molecule has 0 aliphatic carbocycles. The number of nitrogens with zero attached hydrogens (tertiary/aromatic N) is 5. The molecule has 0 aromatic carbocycles. The average Bonchev–Trinajstić information content (AvgIpc) is 3.27. The number of ether oxygens (including phenoxy) is 2. The Morgan fingerprint density at radius 2 is 1.88 bits per heavy atom. The minimum atomic E-state index is -3.54. The van der Waals surface area contributed by atoms with Crippen LogP contribution in [0.25, 0.3) is 21.5 Å². The van der Waals surface area contributed by atoms with Crippen LogP contribution < -0.4 is 14.4 Å². The van der Waals surface area contributed by atoms with E-state index in [0.717, 1.165) is 47.7 Å². The molecule has 0 amide bonds. The second-order valence-corrected chi connectivity index (χ2v) is 14.8. The second kappa shape index (κ2) is 12.0. The zero-order chi connectivity index (χ0) is 29.4. The molecule has 0 bridgehead atoms. The van der Waals surface area contributed by atoms with Gasteiger partial charge in [-0.05, 0) is 50.3 Å². The van der Waals surface area contributed by atoms with Crippen LogP contribution in [-0.2, 0) is 21.3 Å². The maximum absolute atomic E-state index is 12.1. The molecule has 0 spiro atoms. The Morgan fingerprint density at radius 3 is 2.51 bits per heavy atom. The summed E-state index contributed by atoms with van der Waals surface area (Å²) in [6.07, 6.45) is 6.44. The first kappa shape index (κ1) is 29.9. The van der Waals surface area contributed by atoms with Crippen molar-refractivity contribution in [3.8, 4) is 17.1 Å². The number of likely N-dealkylation sites (tertiary alicyclic amines) is 1. The molecule has 3 aromatic heterocycles. The van der Waals surface area contributed by atoms with Gasteiger partial charge in [-0.3, -0.25) is 9.62 Å². The van der Waals surface area contributed by atoms with Crippen LogP contribution in [0.3, 0.4) is 0 Å². The third-order valence-corrected chi connectivity index (χ3v) is 10.4. The van der Waals surface area contributed by atoms with Gasteiger partial charge in [-0.25, -0.2) is 23.4 Å². The lowest BCUT2D eigenvalue weighted by molar-refractivity contribution is 0.0937. The minimum Gasteiger partial charge on any atom is -0.480 e. The Morgan fingerprint density at radius 1 is 1.17 bits per heavy atom. The van der Waals surface area contributed by atoms with Crippen LogP contribution in [0.1, 0.15) is 50.5 Å². The van der Waals surface area contributed by atoms with Gasteiger partial charge in [-0.1, -0.05) is 27.2 Å². The number of anilines is 2. The van der Waals surface area contributed by atoms with Crippen molar-refractivity contribution in [3.05, 3.63) is 22.7 Å². The van der Waals surface area contributed by atoms with Crippen molar-refractivity contribution in [1.29, 1.82) is 0 Å². The molecule has 3 aromatic rings. The average molecular weight is 603 g/mol. The molecule has 41 heavy (non-hydrogen) atoms. The number of fused-ring (bicyclic) bond motifs is 1. The van der Waals surface area contributed by atoms with Crippen molar-refractivity contribution in [2.45, 2.75) is 53.5 Å². The summed E-state index contributed by atoms with van der Waals surface area (Å²) in [4.78, 5) is 20.5. The highest BCUT2D eigenvalue weighted by atomic mass is 32.2. The Bertz CT molecular complexity index is 1490. The monoisotopic (exact) mass is 602 g/mol. The maximum atomic E-state index is 12.1. The third kappa shape index (κ3) is 6.60. The first-order valence-corrected chi connectivity index (χ1v) is 17.1. The fourth-order valence-electron chi connectivity index (χ4n) is 5.81. The normalized spacial score (nSPS) is 17.8. The topological polar surface area (TPSA) is 110 Å². The minimum absolute atomic E-state index is 0.204. The number of thiophene rings is 1. The smallest absolute Gasteiger partial charge is 0.238 e. The number of pyridine rings is 1. The lowest BCUT2D eigenvalue weighted by Crippen LogP contribution is -2.38. The van der Waals surface area contributed by atoms with Crippen molar-refractivity contribution in [2.24, 2.45) is 11.3 Å². The lowest BCUT2D eigenvalue weighted by Gasteiger charge is -2.40. The van der Waals surface area contributed by atoms with E-state index in [2.05, 4.69) is 47.2 Å². The van der Waals surface area contributed by atoms with Crippen LogP contribution in [-0.4, -0.2) is 81.0 Å². The summed E-state index contributed by atoms with van der Waals surface area (Å²) < 4.78 is 38.6. The number of aromatic nitrogens is 3. The van der Waals surface area contributed by atoms with Crippen molar-refractivity contribution in [2.75, 3.05) is 62.4 Å². The number of morpholine rings is 1. The van der Waals surface area contributed by atoms with Gasteiger partial charge in [0.1, 0.15) is 5.69 Å². The number of piperidine rings is 1. The van der Waals surface area contributed by atoms with E-state index in [9.17, 15) is 8.42 Å². The summed E-state index contributed by atoms with van der Waals surface area (Å²) in [7, 11) is -2.07. The molecule has 12 heteroatoms. The van der Waals surface area contributed by atoms with Gasteiger partial charge in [0.25, 0.3) is 0 Å². The molecule has 10 nitrogen and oxygen atoms in total. The Balaban J connectivity index is 1.55. The predicted molar refractivity (Wildman–Crippen MR) is 166 cm³/mol. The second-order valence-electron chi connectivity index (χ2n) is 11.8. The largest absolute Gasteiger partial charge is 0.480 e. The van der Waals surface area contributed by atoms with Gasteiger partial charge in [-0.15, -0.1) is 11.3 Å². The molecule has 0 unspecified atom stereocenters. The van der Waals surface area contributed by atoms with E-state index in [4.69, 9.17) is 19.4 Å². The first-order chi connectivity index (χ1) is 19.5. The Labute approximate surface area is 247 Å². The van der Waals surface area contributed by atoms with Crippen LogP contribution >= 0.6 is 11.3 Å². The van der Waals surface area contributed by atoms with Gasteiger partial charge in [0.15, 0.2) is 0 Å². The molecule has 0 radical (unpaired) electrons. The molecule has 2 fully saturated rings. The van der Waals surface area contributed by atoms with E-state index in [1.54, 1.807) is 23.6 Å². The van der Waals surface area contributed by atoms with E-state index in [-0.39, 0.29) is 11.6 Å². The van der Waals surface area contributed by atoms with E-state index in [0.29, 0.717) is 43.2 Å². The van der Waals surface area contributed by atoms with Gasteiger partial charge in [0, 0.05) is 41.8 Å². The predicted octanol–water partition coefficient (Wildman–Crippen LogP) is 4.93. The molecular formula is C29H42N6O4S2. The highest BCUT2D eigenvalue weighted by Gasteiger charge is 2.32. The quantitative estimate of drug-likeness (QED) is 0.365. The van der Waals surface area contributed by atoms with Gasteiger partial charge in [-0.2, -0.15) is 0 Å². The number of aryl methyl sites for hydroxylation is 1. The number of hydrogen-bond donors (Lipinski definition) is 1. The maximum Gasteiger partial charge on any atom is 0.238 e. The van der Waals surface area contributed by atoms with Crippen LogP contribution in [0.4, 0.5) is 11.6 Å². The van der Waals surface area contributed by atoms with Gasteiger partial charge >= 0.3 is 0 Å². The number of methoxy groups -OCH3 is 1. The summed E-state index contributed by atoms with van der Waals surface area (Å²) >= 11 is 1.69. The number of hydrogen-bond acceptors (Lipinski definition) is 10. The zero-order valence-electron chi connectivity index (χ0n) is 25.0. The Hall–Kier alpha value is -2.54. The third-order valence-electron chi connectivity index (χ3n) is 8.71. The van der Waals surface area contributed by atoms with E-state index < -0.39 is 10.0 Å². The highest BCUT2D eigenvalue weighted by molar-refractivity contribution is 7.92. The molecule has 0 saturated carbocycles. The van der Waals surface area contributed by atoms with Crippen LogP contribution in [0, 0.1) is 18.3 Å². The molecular weight excluding hydrogens is 560 g/mol. The molecule has 1 N–H and O–H groups in total. The highest BCUT2D eigenvalue weighted by Crippen LogP contribution is 2.41. The summed E-state index contributed by atoms with van der Waals surface area (Å²) in [5.41, 5.74) is 4.30. The van der Waals surface area contributed by atoms with E-state index in [1.165, 1.54) is 36.8 Å². The van der Waals surface area contributed by atoms with Crippen molar-refractivity contribution in [1.82, 2.24) is 19.9 Å². The van der Waals surface area contributed by atoms with Gasteiger partial charge in [0.05, 0.1) is 42.5 Å². The summed E-state index contributed by atoms with van der Waals surface area (Å²) in [6.45, 7) is 15.0. The van der Waals surface area contributed by atoms with Crippen molar-refractivity contribution >= 4 is 43.2 Å². The van der Waals surface area contributed by atoms with E-state index in [1.807, 2.05) is 0 Å². The lowest BCUT2D eigenvalue weighted by atomic mass is 9.72. The standard InChI is InChI=1S/C29H42N6O4S2/c1-7-29(3,4)21-8-10-34(11-9-21)18-22-19(2)40-26-24(31-28(32-25(22)26)35-12-14-39-15-13-35)20-16-23(33-41(6,36)37)27(38-5)30-17-20/h16-17,21,33H,7-15,18H2,1-6H3. The molecule has 224 valence electrons. The fraction of sp³-hybridized carbons (Fsp3) is 0.621. The summed E-state index contributed by atoms with van der Waals surface area (Å²) in [6, 6.07) is 1.74. The molecule has 0 atom stereocenters. The van der Waals surface area contributed by atoms with Crippen LogP contribution in [0.15, 0.2) is 12.3 Å². The molecule has 5 rings (SSSR count). The van der Waals surface area contributed by atoms with E-state index >= 15 is 0 Å². The van der Waals surface area contributed by atoms with Crippen molar-refractivity contribution in [3.63, 3.8) is 0 Å². The molecule has 2 aliphatic heterocycles. The molecule has 2 aliphatic rings. The van der Waals surface area contributed by atoms with Crippen LogP contribution in [0.2, 0.25) is 0 Å². The number of rotatable bonds is 9. The van der Waals surface area contributed by atoms with Crippen molar-refractivity contribution < 1.29 is 17.9 Å². The van der Waals surface area contributed by atoms with Gasteiger partial charge in [0.2, 0.25) is 21.9 Å². The zero-order valence-corrected chi connectivity index (χ0v) is 26.6. The summed E-state index contributed by atoms with van der Waals surface area (Å²) in [5, 5.41) is 0.